The number of ether oxygens (including phenoxy) is 4. The summed E-state index contributed by atoms with van der Waals surface area (Å²) in [4.78, 5) is 39.2. The normalized spacial score (nSPS) is 14.8. The molecule has 2 heterocycles. The van der Waals surface area contributed by atoms with Gasteiger partial charge in [-0.2, -0.15) is 5.26 Å². The molecule has 1 aliphatic heterocycles. The van der Waals surface area contributed by atoms with Crippen LogP contribution >= 0.6 is 11.3 Å². The van der Waals surface area contributed by atoms with E-state index in [2.05, 4.69) is 16.1 Å². The van der Waals surface area contributed by atoms with E-state index in [1.807, 2.05) is 0 Å². The third-order valence-corrected chi connectivity index (χ3v) is 7.17. The zero-order chi connectivity index (χ0) is 28.3. The summed E-state index contributed by atoms with van der Waals surface area (Å²) >= 11 is 0.882. The van der Waals surface area contributed by atoms with Crippen LogP contribution in [0.1, 0.15) is 11.5 Å². The lowest BCUT2D eigenvalue weighted by molar-refractivity contribution is -0.133. The molecule has 39 heavy (non-hydrogen) atoms. The van der Waals surface area contributed by atoms with Gasteiger partial charge in [-0.3, -0.25) is 14.2 Å². The summed E-state index contributed by atoms with van der Waals surface area (Å²) in [5, 5.41) is 13.0. The van der Waals surface area contributed by atoms with Crippen LogP contribution < -0.4 is 40.0 Å². The summed E-state index contributed by atoms with van der Waals surface area (Å²) in [6.45, 7) is 0. The summed E-state index contributed by atoms with van der Waals surface area (Å²) in [5.74, 6) is -1.11. The first kappa shape index (κ1) is 27.0. The Hall–Kier alpha value is -5.02. The van der Waals surface area contributed by atoms with Gasteiger partial charge in [0.2, 0.25) is 0 Å². The van der Waals surface area contributed by atoms with E-state index in [0.29, 0.717) is 28.5 Å². The summed E-state index contributed by atoms with van der Waals surface area (Å²) < 4.78 is 21.9. The second kappa shape index (κ2) is 11.2. The van der Waals surface area contributed by atoms with Gasteiger partial charge in [-0.15, -0.1) is 11.3 Å². The van der Waals surface area contributed by atoms with Crippen molar-refractivity contribution in [1.82, 2.24) is 4.57 Å². The highest BCUT2D eigenvalue weighted by atomic mass is 32.1. The molecule has 1 aliphatic rings. The third-order valence-electron chi connectivity index (χ3n) is 6.06. The van der Waals surface area contributed by atoms with Crippen LogP contribution in [-0.2, 0) is 14.3 Å². The lowest BCUT2D eigenvalue weighted by Crippen LogP contribution is -2.41. The Balaban J connectivity index is 2.05. The predicted octanol–water partition coefficient (Wildman–Crippen LogP) is 1.13. The van der Waals surface area contributed by atoms with Crippen molar-refractivity contribution in [2.24, 2.45) is 5.73 Å². The minimum absolute atomic E-state index is 0.0193. The summed E-state index contributed by atoms with van der Waals surface area (Å²) in [6, 6.07) is 13.7. The molecule has 0 fully saturated rings. The first-order valence-electron chi connectivity index (χ1n) is 11.4. The molecule has 1 amide bonds. The Morgan fingerprint density at radius 3 is 2.31 bits per heavy atom. The number of carbonyl (C=O) groups is 2. The van der Waals surface area contributed by atoms with E-state index < -0.39 is 23.4 Å². The Bertz CT molecular complexity index is 1710. The molecule has 12 heteroatoms. The molecule has 1 atom stereocenters. The first-order chi connectivity index (χ1) is 18.8. The smallest absolute Gasteiger partial charge is 0.332 e. The number of carbonyl (C=O) groups excluding carboxylic acids is 2. The third kappa shape index (κ3) is 4.95. The number of hydrogen-bond donors (Lipinski definition) is 2. The number of allylic oxidation sites excluding steroid dienone is 1. The van der Waals surface area contributed by atoms with Crippen LogP contribution in [0.25, 0.3) is 17.5 Å². The Kier molecular flexibility index (Phi) is 7.73. The van der Waals surface area contributed by atoms with Gasteiger partial charge in [-0.1, -0.05) is 6.07 Å². The second-order valence-electron chi connectivity index (χ2n) is 8.13. The molecule has 0 saturated carbocycles. The number of anilines is 1. The monoisotopic (exact) mass is 548 g/mol. The van der Waals surface area contributed by atoms with Gasteiger partial charge in [-0.25, -0.2) is 4.79 Å². The number of thiazole rings is 1. The molecule has 0 bridgehead atoms. The lowest BCUT2D eigenvalue weighted by Gasteiger charge is -2.26. The highest BCUT2D eigenvalue weighted by molar-refractivity contribution is 7.07. The highest BCUT2D eigenvalue weighted by Crippen LogP contribution is 2.42. The van der Waals surface area contributed by atoms with Crippen molar-refractivity contribution in [1.29, 1.82) is 5.26 Å². The number of hydrogen-bond acceptors (Lipinski definition) is 10. The van der Waals surface area contributed by atoms with E-state index in [-0.39, 0.29) is 26.2 Å². The van der Waals surface area contributed by atoms with Crippen LogP contribution in [0.15, 0.2) is 52.8 Å². The van der Waals surface area contributed by atoms with Crippen LogP contribution in [-0.4, -0.2) is 44.9 Å². The van der Waals surface area contributed by atoms with Gasteiger partial charge in [0.25, 0.3) is 11.5 Å². The molecule has 0 aliphatic carbocycles. The van der Waals surface area contributed by atoms with E-state index in [4.69, 9.17) is 19.9 Å². The highest BCUT2D eigenvalue weighted by Gasteiger charge is 2.37. The van der Waals surface area contributed by atoms with Crippen LogP contribution in [0, 0.1) is 11.3 Å². The number of fused-ring (bicyclic) bond motifs is 1. The zero-order valence-electron chi connectivity index (χ0n) is 21.4. The van der Waals surface area contributed by atoms with Gasteiger partial charge in [0.15, 0.2) is 0 Å². The molecule has 0 spiro atoms. The topological polar surface area (TPSA) is 155 Å². The van der Waals surface area contributed by atoms with Crippen LogP contribution in [0.4, 0.5) is 5.69 Å². The Morgan fingerprint density at radius 2 is 1.72 bits per heavy atom. The van der Waals surface area contributed by atoms with Gasteiger partial charge < -0.3 is 30.0 Å². The Morgan fingerprint density at radius 1 is 1.05 bits per heavy atom. The summed E-state index contributed by atoms with van der Waals surface area (Å²) in [5.41, 5.74) is 6.62. The van der Waals surface area contributed by atoms with Gasteiger partial charge >= 0.3 is 5.97 Å². The number of nitrogens with zero attached hydrogens (tertiary/aromatic N) is 2. The standard InChI is InChI=1S/C27H24N4O7S/c1-35-15-7-5-14(6-8-15)30-25(33)23-22(17-10-9-16(36-2)11-19(17)37-3)18(13-28)24(29)31-26(34)20(39-27(23)31)12-21(32)38-4/h5-12,22H,29H2,1-4H3,(H,30,33)/b20-12-/t22-/m1/s1. The fourth-order valence-electron chi connectivity index (χ4n) is 4.17. The predicted molar refractivity (Wildman–Crippen MR) is 145 cm³/mol. The van der Waals surface area contributed by atoms with Crippen molar-refractivity contribution < 1.29 is 28.5 Å². The molecule has 3 N–H and O–H groups in total. The number of nitrogens with two attached hydrogens (primary N) is 1. The average molecular weight is 549 g/mol. The number of nitriles is 1. The van der Waals surface area contributed by atoms with E-state index in [9.17, 15) is 19.6 Å². The van der Waals surface area contributed by atoms with E-state index in [1.165, 1.54) is 28.4 Å². The van der Waals surface area contributed by atoms with Crippen LogP contribution in [0.5, 0.6) is 17.2 Å². The first-order valence-corrected chi connectivity index (χ1v) is 12.2. The van der Waals surface area contributed by atoms with Gasteiger partial charge in [0, 0.05) is 23.4 Å². The molecule has 11 nitrogen and oxygen atoms in total. The number of amides is 1. The van der Waals surface area contributed by atoms with Gasteiger partial charge in [-0.05, 0) is 30.3 Å². The maximum Gasteiger partial charge on any atom is 0.332 e. The van der Waals surface area contributed by atoms with Crippen molar-refractivity contribution in [2.75, 3.05) is 33.8 Å². The maximum absolute atomic E-state index is 13.9. The van der Waals surface area contributed by atoms with Crippen molar-refractivity contribution in [3.63, 3.8) is 0 Å². The number of rotatable bonds is 7. The SMILES string of the molecule is COC(=O)/C=c1\sc2n(c1=O)C(N)=C(C#N)[C@@H](c1ccc(OC)cc1OC)C=2C(=O)Nc1ccc(OC)cc1. The molecular weight excluding hydrogens is 524 g/mol. The second-order valence-corrected chi connectivity index (χ2v) is 9.16. The molecule has 1 aromatic heterocycles. The number of benzene rings is 2. The molecule has 200 valence electrons. The number of methoxy groups -OCH3 is 4. The molecule has 2 aromatic carbocycles. The van der Waals surface area contributed by atoms with E-state index in [0.717, 1.165) is 22.0 Å². The summed E-state index contributed by atoms with van der Waals surface area (Å²) in [6.07, 6.45) is 1.01. The lowest BCUT2D eigenvalue weighted by atomic mass is 9.82. The zero-order valence-corrected chi connectivity index (χ0v) is 22.3. The molecule has 0 radical (unpaired) electrons. The average Bonchev–Trinajstić information content (AvgIpc) is 3.27. The molecule has 4 rings (SSSR count). The summed E-state index contributed by atoms with van der Waals surface area (Å²) in [7, 11) is 5.65. The van der Waals surface area contributed by atoms with Crippen molar-refractivity contribution in [2.45, 2.75) is 5.92 Å². The number of esters is 1. The molecule has 0 unspecified atom stereocenters. The van der Waals surface area contributed by atoms with Crippen LogP contribution in [0.3, 0.4) is 0 Å². The number of aromatic nitrogens is 1. The van der Waals surface area contributed by atoms with E-state index in [1.54, 1.807) is 42.5 Å². The molecule has 0 saturated heterocycles. The maximum atomic E-state index is 13.9. The van der Waals surface area contributed by atoms with Crippen molar-refractivity contribution in [3.05, 3.63) is 73.2 Å². The van der Waals surface area contributed by atoms with E-state index >= 15 is 0 Å². The minimum Gasteiger partial charge on any atom is -0.497 e. The number of nitrogens with one attached hydrogen (secondary N) is 1. The molecule has 3 aromatic rings. The van der Waals surface area contributed by atoms with Crippen molar-refractivity contribution >= 4 is 46.4 Å². The fourth-order valence-corrected chi connectivity index (χ4v) is 5.31. The quantitative estimate of drug-likeness (QED) is 0.413. The van der Waals surface area contributed by atoms with Gasteiger partial charge in [0.1, 0.15) is 32.3 Å². The largest absolute Gasteiger partial charge is 0.497 e. The molecular formula is C27H24N4O7S. The van der Waals surface area contributed by atoms with Crippen LogP contribution in [0.2, 0.25) is 0 Å². The van der Waals surface area contributed by atoms with Crippen molar-refractivity contribution in [3.8, 4) is 23.3 Å². The Labute approximate surface area is 226 Å². The fraction of sp³-hybridized carbons (Fsp3) is 0.185. The minimum atomic E-state index is -1.02. The van der Waals surface area contributed by atoms with Gasteiger partial charge in [0.05, 0.1) is 51.6 Å².